The second-order valence-electron chi connectivity index (χ2n) is 8.52. The van der Waals surface area contributed by atoms with Gasteiger partial charge in [-0.05, 0) is 67.9 Å². The lowest BCUT2D eigenvalue weighted by molar-refractivity contribution is 0.0168. The summed E-state index contributed by atoms with van der Waals surface area (Å²) < 4.78 is 59.3. The number of aromatic nitrogens is 1. The summed E-state index contributed by atoms with van der Waals surface area (Å²) in [5.74, 6) is -0.503. The van der Waals surface area contributed by atoms with Crippen LogP contribution in [0.25, 0.3) is 0 Å². The largest absolute Gasteiger partial charge is 0.378 e. The molecule has 0 saturated heterocycles. The van der Waals surface area contributed by atoms with E-state index in [1.165, 1.54) is 10.6 Å². The van der Waals surface area contributed by atoms with E-state index in [9.17, 15) is 22.0 Å². The maximum atomic E-state index is 13.5. The Morgan fingerprint density at radius 2 is 1.94 bits per heavy atom. The normalized spacial score (nSPS) is 20.2. The van der Waals surface area contributed by atoms with Crippen molar-refractivity contribution in [3.05, 3.63) is 69.4 Å². The van der Waals surface area contributed by atoms with Gasteiger partial charge in [-0.25, -0.2) is 21.9 Å². The van der Waals surface area contributed by atoms with Crippen LogP contribution in [0.4, 0.5) is 8.78 Å². The minimum absolute atomic E-state index is 0.0336. The molecule has 1 aliphatic rings. The van der Waals surface area contributed by atoms with E-state index in [-0.39, 0.29) is 36.5 Å². The van der Waals surface area contributed by atoms with Crippen LogP contribution in [0.1, 0.15) is 54.2 Å². The number of ether oxygens (including phenoxy) is 1. The first-order chi connectivity index (χ1) is 15.2. The van der Waals surface area contributed by atoms with Crippen molar-refractivity contribution in [2.75, 3.05) is 19.2 Å². The first kappa shape index (κ1) is 24.5. The Bertz CT molecular complexity index is 1080. The zero-order chi connectivity index (χ0) is 23.3. The van der Waals surface area contributed by atoms with Crippen molar-refractivity contribution in [1.29, 1.82) is 0 Å². The molecule has 9 heteroatoms. The highest BCUT2D eigenvalue weighted by Gasteiger charge is 2.26. The Labute approximate surface area is 187 Å². The fourth-order valence-electron chi connectivity index (χ4n) is 4.30. The maximum absolute atomic E-state index is 13.5. The van der Waals surface area contributed by atoms with Crippen molar-refractivity contribution >= 4 is 10.0 Å². The number of nitrogens with one attached hydrogen (secondary N) is 1. The Hall–Kier alpha value is -2.10. The van der Waals surface area contributed by atoms with E-state index in [1.807, 2.05) is 13.0 Å². The zero-order valence-electron chi connectivity index (χ0n) is 18.4. The van der Waals surface area contributed by atoms with Crippen LogP contribution in [0.2, 0.25) is 0 Å². The summed E-state index contributed by atoms with van der Waals surface area (Å²) in [5.41, 5.74) is 2.04. The third-order valence-corrected chi connectivity index (χ3v) is 6.90. The number of halogens is 2. The molecule has 176 valence electrons. The molecule has 0 spiro atoms. The van der Waals surface area contributed by atoms with E-state index in [2.05, 4.69) is 4.72 Å². The van der Waals surface area contributed by atoms with Crippen molar-refractivity contribution in [3.63, 3.8) is 0 Å². The molecule has 0 amide bonds. The van der Waals surface area contributed by atoms with Gasteiger partial charge in [-0.1, -0.05) is 12.1 Å². The Morgan fingerprint density at radius 3 is 2.59 bits per heavy atom. The monoisotopic (exact) mass is 468 g/mol. The van der Waals surface area contributed by atoms with Crippen LogP contribution < -0.4 is 10.3 Å². The predicted molar refractivity (Wildman–Crippen MR) is 119 cm³/mol. The fraction of sp³-hybridized carbons (Fsp3) is 0.522. The molecule has 1 aromatic heterocycles. The van der Waals surface area contributed by atoms with Gasteiger partial charge in [-0.2, -0.15) is 0 Å². The Balaban J connectivity index is 1.66. The van der Waals surface area contributed by atoms with Gasteiger partial charge in [0.1, 0.15) is 5.82 Å². The fourth-order valence-corrected chi connectivity index (χ4v) is 4.84. The number of hydrogen-bond acceptors (Lipinski definition) is 4. The van der Waals surface area contributed by atoms with Crippen LogP contribution >= 0.6 is 0 Å². The SMILES string of the molecule is Cc1cc(C(CNS(=O)(=O)CF)CO[C@H]2CC[C@@H](c3cccc(F)c3)CC2)c(=O)n(C)c1. The van der Waals surface area contributed by atoms with E-state index in [0.717, 1.165) is 36.8 Å². The van der Waals surface area contributed by atoms with Crippen molar-refractivity contribution in [2.45, 2.75) is 50.5 Å². The van der Waals surface area contributed by atoms with Gasteiger partial charge in [-0.15, -0.1) is 0 Å². The quantitative estimate of drug-likeness (QED) is 0.611. The van der Waals surface area contributed by atoms with Crippen molar-refractivity contribution in [1.82, 2.24) is 9.29 Å². The van der Waals surface area contributed by atoms with Crippen LogP contribution in [0.5, 0.6) is 0 Å². The van der Waals surface area contributed by atoms with Crippen LogP contribution in [-0.4, -0.2) is 38.2 Å². The summed E-state index contributed by atoms with van der Waals surface area (Å²) in [5, 5.41) is 0. The number of alkyl halides is 1. The van der Waals surface area contributed by atoms with E-state index in [4.69, 9.17) is 4.74 Å². The molecule has 32 heavy (non-hydrogen) atoms. The molecule has 1 atom stereocenters. The van der Waals surface area contributed by atoms with Gasteiger partial charge in [0, 0.05) is 31.3 Å². The van der Waals surface area contributed by atoms with Gasteiger partial charge in [0.2, 0.25) is 16.0 Å². The van der Waals surface area contributed by atoms with Crippen molar-refractivity contribution < 1.29 is 21.9 Å². The van der Waals surface area contributed by atoms with Gasteiger partial charge in [0.15, 0.2) is 0 Å². The summed E-state index contributed by atoms with van der Waals surface area (Å²) in [6, 6.07) is 6.88. The van der Waals surface area contributed by atoms with Crippen molar-refractivity contribution in [3.8, 4) is 0 Å². The second-order valence-corrected chi connectivity index (χ2v) is 10.3. The number of benzene rings is 1. The maximum Gasteiger partial charge on any atom is 0.253 e. The van der Waals surface area contributed by atoms with Crippen LogP contribution in [0.3, 0.4) is 0 Å². The highest BCUT2D eigenvalue weighted by Crippen LogP contribution is 2.34. The van der Waals surface area contributed by atoms with E-state index < -0.39 is 21.9 Å². The molecule has 1 fully saturated rings. The molecule has 1 aliphatic carbocycles. The highest BCUT2D eigenvalue weighted by molar-refractivity contribution is 7.89. The molecule has 1 saturated carbocycles. The first-order valence-corrected chi connectivity index (χ1v) is 12.4. The molecule has 0 aliphatic heterocycles. The minimum Gasteiger partial charge on any atom is -0.378 e. The predicted octanol–water partition coefficient (Wildman–Crippen LogP) is 3.51. The number of aryl methyl sites for hydroxylation is 2. The highest BCUT2D eigenvalue weighted by atomic mass is 32.2. The average Bonchev–Trinajstić information content (AvgIpc) is 2.77. The number of sulfonamides is 1. The van der Waals surface area contributed by atoms with Gasteiger partial charge in [-0.3, -0.25) is 4.79 Å². The smallest absolute Gasteiger partial charge is 0.253 e. The summed E-state index contributed by atoms with van der Waals surface area (Å²) in [6.45, 7) is 1.87. The number of hydrogen-bond donors (Lipinski definition) is 1. The average molecular weight is 469 g/mol. The Morgan fingerprint density at radius 1 is 1.22 bits per heavy atom. The van der Waals surface area contributed by atoms with E-state index in [0.29, 0.717) is 5.56 Å². The van der Waals surface area contributed by atoms with E-state index >= 15 is 0 Å². The lowest BCUT2D eigenvalue weighted by Gasteiger charge is -2.30. The Kier molecular flexibility index (Phi) is 8.19. The van der Waals surface area contributed by atoms with Gasteiger partial charge in [0.05, 0.1) is 12.7 Å². The number of rotatable bonds is 9. The summed E-state index contributed by atoms with van der Waals surface area (Å²) >= 11 is 0. The molecule has 6 nitrogen and oxygen atoms in total. The minimum atomic E-state index is -4.05. The zero-order valence-corrected chi connectivity index (χ0v) is 19.2. The lowest BCUT2D eigenvalue weighted by atomic mass is 9.82. The second kappa shape index (κ2) is 10.7. The molecule has 3 rings (SSSR count). The van der Waals surface area contributed by atoms with Crippen LogP contribution in [0, 0.1) is 12.7 Å². The molecule has 1 aromatic carbocycles. The van der Waals surface area contributed by atoms with Gasteiger partial charge in [0.25, 0.3) is 5.56 Å². The molecule has 0 bridgehead atoms. The molecule has 2 aromatic rings. The summed E-state index contributed by atoms with van der Waals surface area (Å²) in [7, 11) is -2.42. The molecular formula is C23H30F2N2O4S. The topological polar surface area (TPSA) is 77.4 Å². The number of pyridine rings is 1. The van der Waals surface area contributed by atoms with Crippen LogP contribution in [-0.2, 0) is 21.8 Å². The van der Waals surface area contributed by atoms with Crippen molar-refractivity contribution in [2.24, 2.45) is 7.05 Å². The molecular weight excluding hydrogens is 438 g/mol. The molecule has 1 N–H and O–H groups in total. The molecule has 0 radical (unpaired) electrons. The van der Waals surface area contributed by atoms with Gasteiger partial charge < -0.3 is 9.30 Å². The standard InChI is InChI=1S/C23H30F2N2O4S/c1-16-10-22(23(28)27(2)13-16)19(12-26-32(29,30)15-24)14-31-21-8-6-17(7-9-21)18-4-3-5-20(25)11-18/h3-5,10-11,13,17,19,21,26H,6-9,12,14-15H2,1-2H3/t17-,19?,21+. The third-order valence-electron chi connectivity index (χ3n) is 6.01. The molecule has 1 heterocycles. The summed E-state index contributed by atoms with van der Waals surface area (Å²) in [4.78, 5) is 12.7. The first-order valence-electron chi connectivity index (χ1n) is 10.8. The van der Waals surface area contributed by atoms with Gasteiger partial charge >= 0.3 is 0 Å². The number of nitrogens with zero attached hydrogens (tertiary/aromatic N) is 1. The summed E-state index contributed by atoms with van der Waals surface area (Å²) in [6.07, 6.45) is 4.96. The third kappa shape index (κ3) is 6.46. The molecule has 1 unspecified atom stereocenters. The van der Waals surface area contributed by atoms with Crippen LogP contribution in [0.15, 0.2) is 41.3 Å². The lowest BCUT2D eigenvalue weighted by Crippen LogP contribution is -2.35. The van der Waals surface area contributed by atoms with E-state index in [1.54, 1.807) is 31.4 Å².